The van der Waals surface area contributed by atoms with E-state index in [1.807, 2.05) is 31.2 Å². The second-order valence-electron chi connectivity index (χ2n) is 6.88. The zero-order valence-corrected chi connectivity index (χ0v) is 15.6. The summed E-state index contributed by atoms with van der Waals surface area (Å²) in [6.45, 7) is 7.00. The van der Waals surface area contributed by atoms with Crippen molar-refractivity contribution in [2.75, 3.05) is 5.32 Å². The van der Waals surface area contributed by atoms with Gasteiger partial charge in [0.2, 0.25) is 11.8 Å². The molecule has 2 N–H and O–H groups in total. The summed E-state index contributed by atoms with van der Waals surface area (Å²) in [6.07, 6.45) is 0. The maximum absolute atomic E-state index is 12.5. The molecule has 136 valence electrons. The lowest BCUT2D eigenvalue weighted by Crippen LogP contribution is -2.44. The Labute approximate surface area is 153 Å². The molecule has 0 aromatic heterocycles. The SMILES string of the molecule is CC(=O)c1ccc(NC(=O)C(C)(C)C(=O)NCc2ccc(C)cc2)cc1. The average molecular weight is 352 g/mol. The van der Waals surface area contributed by atoms with Crippen molar-refractivity contribution in [3.8, 4) is 0 Å². The normalized spacial score (nSPS) is 10.9. The van der Waals surface area contributed by atoms with Crippen LogP contribution >= 0.6 is 0 Å². The minimum Gasteiger partial charge on any atom is -0.351 e. The summed E-state index contributed by atoms with van der Waals surface area (Å²) >= 11 is 0. The molecule has 2 aromatic carbocycles. The van der Waals surface area contributed by atoms with E-state index in [0.29, 0.717) is 17.8 Å². The van der Waals surface area contributed by atoms with Crippen molar-refractivity contribution in [1.82, 2.24) is 5.32 Å². The lowest BCUT2D eigenvalue weighted by atomic mass is 9.90. The third kappa shape index (κ3) is 4.79. The zero-order valence-electron chi connectivity index (χ0n) is 15.6. The van der Waals surface area contributed by atoms with Gasteiger partial charge in [0.05, 0.1) is 0 Å². The highest BCUT2D eigenvalue weighted by Gasteiger charge is 2.35. The van der Waals surface area contributed by atoms with Gasteiger partial charge in [-0.15, -0.1) is 0 Å². The second kappa shape index (κ2) is 7.95. The van der Waals surface area contributed by atoms with Crippen LogP contribution in [0.4, 0.5) is 5.69 Å². The summed E-state index contributed by atoms with van der Waals surface area (Å²) in [5.74, 6) is -0.802. The van der Waals surface area contributed by atoms with Crippen molar-refractivity contribution < 1.29 is 14.4 Å². The topological polar surface area (TPSA) is 75.3 Å². The van der Waals surface area contributed by atoms with Gasteiger partial charge in [0.15, 0.2) is 5.78 Å². The maximum atomic E-state index is 12.5. The molecule has 0 saturated heterocycles. The van der Waals surface area contributed by atoms with Crippen LogP contribution in [-0.2, 0) is 16.1 Å². The number of anilines is 1. The highest BCUT2D eigenvalue weighted by molar-refractivity contribution is 6.10. The van der Waals surface area contributed by atoms with Crippen molar-refractivity contribution in [3.63, 3.8) is 0 Å². The average Bonchev–Trinajstić information content (AvgIpc) is 2.61. The first kappa shape index (κ1) is 19.4. The summed E-state index contributed by atoms with van der Waals surface area (Å²) in [7, 11) is 0. The van der Waals surface area contributed by atoms with Gasteiger partial charge in [0.25, 0.3) is 0 Å². The molecular formula is C21H24N2O3. The van der Waals surface area contributed by atoms with Gasteiger partial charge in [-0.05, 0) is 57.5 Å². The van der Waals surface area contributed by atoms with Gasteiger partial charge in [0.1, 0.15) is 5.41 Å². The van der Waals surface area contributed by atoms with E-state index in [1.165, 1.54) is 6.92 Å². The summed E-state index contributed by atoms with van der Waals surface area (Å²) in [4.78, 5) is 36.3. The summed E-state index contributed by atoms with van der Waals surface area (Å²) in [5, 5.41) is 5.53. The fraction of sp³-hybridized carbons (Fsp3) is 0.286. The van der Waals surface area contributed by atoms with Gasteiger partial charge in [-0.2, -0.15) is 0 Å². The molecule has 2 amide bonds. The van der Waals surface area contributed by atoms with E-state index in [4.69, 9.17) is 0 Å². The molecule has 0 bridgehead atoms. The fourth-order valence-electron chi connectivity index (χ4n) is 2.29. The van der Waals surface area contributed by atoms with E-state index < -0.39 is 11.3 Å². The number of ketones is 1. The molecule has 0 unspecified atom stereocenters. The zero-order chi connectivity index (χ0) is 19.3. The highest BCUT2D eigenvalue weighted by atomic mass is 16.2. The third-order valence-electron chi connectivity index (χ3n) is 4.26. The summed E-state index contributed by atoms with van der Waals surface area (Å²) in [5.41, 5.74) is 2.00. The number of benzene rings is 2. The Morgan fingerprint density at radius 2 is 1.46 bits per heavy atom. The van der Waals surface area contributed by atoms with E-state index in [0.717, 1.165) is 11.1 Å². The molecule has 0 heterocycles. The molecule has 0 fully saturated rings. The van der Waals surface area contributed by atoms with Crippen molar-refractivity contribution in [3.05, 3.63) is 65.2 Å². The second-order valence-corrected chi connectivity index (χ2v) is 6.88. The van der Waals surface area contributed by atoms with Crippen molar-refractivity contribution in [2.45, 2.75) is 34.2 Å². The Kier molecular flexibility index (Phi) is 5.93. The molecule has 0 aliphatic rings. The van der Waals surface area contributed by atoms with Crippen LogP contribution < -0.4 is 10.6 Å². The number of hydrogen-bond acceptors (Lipinski definition) is 3. The van der Waals surface area contributed by atoms with E-state index in [9.17, 15) is 14.4 Å². The van der Waals surface area contributed by atoms with Crippen LogP contribution in [0.2, 0.25) is 0 Å². The molecule has 0 radical (unpaired) electrons. The first-order chi connectivity index (χ1) is 12.2. The van der Waals surface area contributed by atoms with E-state index in [-0.39, 0.29) is 11.7 Å². The maximum Gasteiger partial charge on any atom is 0.239 e. The molecule has 0 aliphatic carbocycles. The first-order valence-corrected chi connectivity index (χ1v) is 8.46. The Morgan fingerprint density at radius 3 is 2.00 bits per heavy atom. The Balaban J connectivity index is 1.97. The largest absolute Gasteiger partial charge is 0.351 e. The molecule has 5 nitrogen and oxygen atoms in total. The van der Waals surface area contributed by atoms with Crippen LogP contribution in [0.25, 0.3) is 0 Å². The molecule has 0 aliphatic heterocycles. The molecular weight excluding hydrogens is 328 g/mol. The van der Waals surface area contributed by atoms with Gasteiger partial charge in [-0.3, -0.25) is 14.4 Å². The standard InChI is InChI=1S/C21H24N2O3/c1-14-5-7-16(8-6-14)13-22-19(25)21(3,4)20(26)23-18-11-9-17(10-12-18)15(2)24/h5-12H,13H2,1-4H3,(H,22,25)(H,23,26). The van der Waals surface area contributed by atoms with Crippen LogP contribution in [0.5, 0.6) is 0 Å². The van der Waals surface area contributed by atoms with Gasteiger partial charge in [0, 0.05) is 17.8 Å². The molecule has 0 atom stereocenters. The Morgan fingerprint density at radius 1 is 0.885 bits per heavy atom. The summed E-state index contributed by atoms with van der Waals surface area (Å²) in [6, 6.07) is 14.4. The smallest absolute Gasteiger partial charge is 0.239 e. The number of amides is 2. The predicted molar refractivity (Wildman–Crippen MR) is 102 cm³/mol. The summed E-state index contributed by atoms with van der Waals surface area (Å²) < 4.78 is 0. The van der Waals surface area contributed by atoms with Gasteiger partial charge < -0.3 is 10.6 Å². The number of carbonyl (C=O) groups excluding carboxylic acids is 3. The van der Waals surface area contributed by atoms with Gasteiger partial charge in [-0.25, -0.2) is 0 Å². The minimum absolute atomic E-state index is 0.0429. The molecule has 26 heavy (non-hydrogen) atoms. The number of aryl methyl sites for hydroxylation is 1. The van der Waals surface area contributed by atoms with E-state index in [2.05, 4.69) is 10.6 Å². The lowest BCUT2D eigenvalue weighted by molar-refractivity contribution is -0.138. The van der Waals surface area contributed by atoms with Crippen molar-refractivity contribution in [2.24, 2.45) is 5.41 Å². The number of Topliss-reactive ketones (excluding diaryl/α,β-unsaturated/α-hetero) is 1. The molecule has 2 rings (SSSR count). The monoisotopic (exact) mass is 352 g/mol. The first-order valence-electron chi connectivity index (χ1n) is 8.46. The van der Waals surface area contributed by atoms with Crippen LogP contribution in [0.1, 0.15) is 42.3 Å². The van der Waals surface area contributed by atoms with Crippen molar-refractivity contribution in [1.29, 1.82) is 0 Å². The minimum atomic E-state index is -1.23. The molecule has 5 heteroatoms. The van der Waals surface area contributed by atoms with E-state index in [1.54, 1.807) is 38.1 Å². The van der Waals surface area contributed by atoms with Crippen LogP contribution in [0, 0.1) is 12.3 Å². The van der Waals surface area contributed by atoms with Crippen molar-refractivity contribution >= 4 is 23.3 Å². The highest BCUT2D eigenvalue weighted by Crippen LogP contribution is 2.20. The quantitative estimate of drug-likeness (QED) is 0.617. The van der Waals surface area contributed by atoms with Gasteiger partial charge >= 0.3 is 0 Å². The van der Waals surface area contributed by atoms with E-state index >= 15 is 0 Å². The molecule has 2 aromatic rings. The Hall–Kier alpha value is -2.95. The van der Waals surface area contributed by atoms with Crippen LogP contribution in [-0.4, -0.2) is 17.6 Å². The van der Waals surface area contributed by atoms with Gasteiger partial charge in [-0.1, -0.05) is 29.8 Å². The van der Waals surface area contributed by atoms with Crippen LogP contribution in [0.3, 0.4) is 0 Å². The third-order valence-corrected chi connectivity index (χ3v) is 4.26. The fourth-order valence-corrected chi connectivity index (χ4v) is 2.29. The number of carbonyl (C=O) groups is 3. The molecule has 0 saturated carbocycles. The molecule has 0 spiro atoms. The predicted octanol–water partition coefficient (Wildman–Crippen LogP) is 3.48. The number of hydrogen-bond donors (Lipinski definition) is 2. The Bertz CT molecular complexity index is 806. The van der Waals surface area contributed by atoms with Crippen LogP contribution in [0.15, 0.2) is 48.5 Å². The number of rotatable bonds is 6. The lowest BCUT2D eigenvalue weighted by Gasteiger charge is -2.23. The number of nitrogens with one attached hydrogen (secondary N) is 2.